The minimum absolute atomic E-state index is 0.257. The van der Waals surface area contributed by atoms with E-state index in [1.165, 1.54) is 18.4 Å². The summed E-state index contributed by atoms with van der Waals surface area (Å²) in [6.45, 7) is 13.0. The average molecular weight is 266 g/mol. The molecule has 2 nitrogen and oxygen atoms in total. The molecule has 2 aliphatic rings. The Labute approximate surface area is 118 Å². The molecule has 0 N–H and O–H groups in total. The normalized spacial score (nSPS) is 29.4. The zero-order valence-corrected chi connectivity index (χ0v) is 13.1. The Bertz CT molecular complexity index is 317. The van der Waals surface area contributed by atoms with Crippen molar-refractivity contribution in [3.63, 3.8) is 0 Å². The minimum atomic E-state index is 0.257. The van der Waals surface area contributed by atoms with Crippen molar-refractivity contribution in [3.05, 3.63) is 11.6 Å². The first kappa shape index (κ1) is 15.1. The lowest BCUT2D eigenvalue weighted by atomic mass is 9.72. The van der Waals surface area contributed by atoms with E-state index in [9.17, 15) is 0 Å². The monoisotopic (exact) mass is 266 g/mol. The molecule has 0 aromatic rings. The number of ether oxygens (including phenoxy) is 2. The molecule has 1 saturated heterocycles. The molecule has 0 saturated carbocycles. The summed E-state index contributed by atoms with van der Waals surface area (Å²) in [6.07, 6.45) is 6.03. The maximum Gasteiger partial charge on any atom is 0.0682 e. The highest BCUT2D eigenvalue weighted by Gasteiger charge is 2.32. The van der Waals surface area contributed by atoms with Crippen LogP contribution in [0.3, 0.4) is 0 Å². The molecule has 0 bridgehead atoms. The third-order valence-corrected chi connectivity index (χ3v) is 4.84. The zero-order chi connectivity index (χ0) is 13.9. The highest BCUT2D eigenvalue weighted by molar-refractivity contribution is 5.14. The van der Waals surface area contributed by atoms with Gasteiger partial charge in [-0.1, -0.05) is 33.8 Å². The van der Waals surface area contributed by atoms with Crippen LogP contribution in [0.1, 0.15) is 47.0 Å². The van der Waals surface area contributed by atoms with E-state index in [2.05, 4.69) is 33.8 Å². The molecule has 2 atom stereocenters. The molecule has 0 radical (unpaired) electrons. The summed E-state index contributed by atoms with van der Waals surface area (Å²) in [4.78, 5) is 0. The van der Waals surface area contributed by atoms with Crippen molar-refractivity contribution < 1.29 is 9.47 Å². The molecule has 0 spiro atoms. The predicted octanol–water partition coefficient (Wildman–Crippen LogP) is 4.06. The molecule has 2 aliphatic heterocycles. The summed E-state index contributed by atoms with van der Waals surface area (Å²) < 4.78 is 11.5. The summed E-state index contributed by atoms with van der Waals surface area (Å²) in [5, 5.41) is 0. The Kier molecular flexibility index (Phi) is 5.08. The van der Waals surface area contributed by atoms with Crippen LogP contribution in [0.15, 0.2) is 11.6 Å². The molecule has 0 aromatic carbocycles. The first-order valence-electron chi connectivity index (χ1n) is 7.84. The second-order valence-electron chi connectivity index (χ2n) is 7.30. The van der Waals surface area contributed by atoms with E-state index in [1.54, 1.807) is 0 Å². The average Bonchev–Trinajstić information content (AvgIpc) is 2.39. The topological polar surface area (TPSA) is 18.5 Å². The van der Waals surface area contributed by atoms with Crippen LogP contribution in [0.4, 0.5) is 0 Å². The Morgan fingerprint density at radius 1 is 1.26 bits per heavy atom. The van der Waals surface area contributed by atoms with E-state index in [4.69, 9.17) is 9.47 Å². The molecule has 19 heavy (non-hydrogen) atoms. The standard InChI is InChI=1S/C17H30O2/c1-13(2)15-8-14(10-19-11-15)9-17(3,4)16-6-5-7-18-12-16/h6,13-15H,5,7-12H2,1-4H3. The van der Waals surface area contributed by atoms with Gasteiger partial charge in [-0.3, -0.25) is 0 Å². The second kappa shape index (κ2) is 6.41. The Balaban J connectivity index is 1.93. The number of hydrogen-bond acceptors (Lipinski definition) is 2. The van der Waals surface area contributed by atoms with Gasteiger partial charge in [0, 0.05) is 13.2 Å². The third-order valence-electron chi connectivity index (χ3n) is 4.84. The fraction of sp³-hybridized carbons (Fsp3) is 0.882. The van der Waals surface area contributed by atoms with Crippen LogP contribution in [0.25, 0.3) is 0 Å². The Hall–Kier alpha value is -0.340. The highest BCUT2D eigenvalue weighted by atomic mass is 16.5. The maximum absolute atomic E-state index is 5.84. The highest BCUT2D eigenvalue weighted by Crippen LogP contribution is 2.39. The van der Waals surface area contributed by atoms with Gasteiger partial charge < -0.3 is 9.47 Å². The molecule has 2 heterocycles. The van der Waals surface area contributed by atoms with Crippen LogP contribution >= 0.6 is 0 Å². The SMILES string of the molecule is CC(C)C1COCC(CC(C)(C)C2=CCCOC2)C1. The van der Waals surface area contributed by atoms with Crippen molar-refractivity contribution in [3.8, 4) is 0 Å². The fourth-order valence-corrected chi connectivity index (χ4v) is 3.44. The van der Waals surface area contributed by atoms with Crippen molar-refractivity contribution in [1.29, 1.82) is 0 Å². The second-order valence-corrected chi connectivity index (χ2v) is 7.30. The van der Waals surface area contributed by atoms with Crippen molar-refractivity contribution >= 4 is 0 Å². The molecular weight excluding hydrogens is 236 g/mol. The lowest BCUT2D eigenvalue weighted by molar-refractivity contribution is -0.0124. The minimum Gasteiger partial charge on any atom is -0.381 e. The molecule has 0 aromatic heterocycles. The van der Waals surface area contributed by atoms with E-state index in [0.29, 0.717) is 5.92 Å². The van der Waals surface area contributed by atoms with Crippen molar-refractivity contribution in [2.75, 3.05) is 26.4 Å². The molecule has 1 fully saturated rings. The van der Waals surface area contributed by atoms with E-state index in [0.717, 1.165) is 44.7 Å². The molecule has 2 unspecified atom stereocenters. The summed E-state index contributed by atoms with van der Waals surface area (Å²) in [6, 6.07) is 0. The van der Waals surface area contributed by atoms with Crippen molar-refractivity contribution in [2.45, 2.75) is 47.0 Å². The molecule has 0 amide bonds. The zero-order valence-electron chi connectivity index (χ0n) is 13.1. The summed E-state index contributed by atoms with van der Waals surface area (Å²) in [7, 11) is 0. The molecule has 110 valence electrons. The first-order chi connectivity index (χ1) is 8.99. The fourth-order valence-electron chi connectivity index (χ4n) is 3.44. The van der Waals surface area contributed by atoms with Crippen LogP contribution in [0.5, 0.6) is 0 Å². The van der Waals surface area contributed by atoms with Gasteiger partial charge in [-0.25, -0.2) is 0 Å². The summed E-state index contributed by atoms with van der Waals surface area (Å²) in [5.74, 6) is 2.19. The van der Waals surface area contributed by atoms with Crippen LogP contribution in [-0.4, -0.2) is 26.4 Å². The lowest BCUT2D eigenvalue weighted by Gasteiger charge is -2.38. The number of rotatable bonds is 4. The largest absolute Gasteiger partial charge is 0.381 e. The molecule has 2 rings (SSSR count). The van der Waals surface area contributed by atoms with Crippen molar-refractivity contribution in [1.82, 2.24) is 0 Å². The van der Waals surface area contributed by atoms with Gasteiger partial charge in [-0.2, -0.15) is 0 Å². The Morgan fingerprint density at radius 3 is 2.68 bits per heavy atom. The van der Waals surface area contributed by atoms with Gasteiger partial charge >= 0.3 is 0 Å². The van der Waals surface area contributed by atoms with E-state index >= 15 is 0 Å². The quantitative estimate of drug-likeness (QED) is 0.714. The van der Waals surface area contributed by atoms with E-state index in [1.807, 2.05) is 0 Å². The van der Waals surface area contributed by atoms with E-state index in [-0.39, 0.29) is 5.41 Å². The van der Waals surface area contributed by atoms with Crippen LogP contribution in [0.2, 0.25) is 0 Å². The van der Waals surface area contributed by atoms with E-state index < -0.39 is 0 Å². The van der Waals surface area contributed by atoms with Gasteiger partial charge in [-0.15, -0.1) is 0 Å². The summed E-state index contributed by atoms with van der Waals surface area (Å²) in [5.41, 5.74) is 1.75. The Morgan fingerprint density at radius 2 is 2.05 bits per heavy atom. The maximum atomic E-state index is 5.84. The molecule has 0 aliphatic carbocycles. The van der Waals surface area contributed by atoms with Gasteiger partial charge in [0.05, 0.1) is 13.2 Å². The van der Waals surface area contributed by atoms with Crippen LogP contribution < -0.4 is 0 Å². The van der Waals surface area contributed by atoms with Gasteiger partial charge in [0.1, 0.15) is 0 Å². The van der Waals surface area contributed by atoms with Crippen LogP contribution in [-0.2, 0) is 9.47 Å². The predicted molar refractivity (Wildman–Crippen MR) is 79.2 cm³/mol. The van der Waals surface area contributed by atoms with Gasteiger partial charge in [0.2, 0.25) is 0 Å². The van der Waals surface area contributed by atoms with Gasteiger partial charge in [0.25, 0.3) is 0 Å². The van der Waals surface area contributed by atoms with Crippen molar-refractivity contribution in [2.24, 2.45) is 23.2 Å². The van der Waals surface area contributed by atoms with Gasteiger partial charge in [0.15, 0.2) is 0 Å². The molecular formula is C17H30O2. The summed E-state index contributed by atoms with van der Waals surface area (Å²) >= 11 is 0. The molecule has 2 heteroatoms. The smallest absolute Gasteiger partial charge is 0.0682 e. The first-order valence-corrected chi connectivity index (χ1v) is 7.84. The number of hydrogen-bond donors (Lipinski definition) is 0. The lowest BCUT2D eigenvalue weighted by Crippen LogP contribution is -2.33. The third kappa shape index (κ3) is 4.06. The van der Waals surface area contributed by atoms with Gasteiger partial charge in [-0.05, 0) is 48.0 Å². The van der Waals surface area contributed by atoms with Crippen LogP contribution in [0, 0.1) is 23.2 Å².